The van der Waals surface area contributed by atoms with E-state index in [0.717, 1.165) is 5.56 Å². The van der Waals surface area contributed by atoms with Crippen LogP contribution in [0.4, 0.5) is 4.39 Å². The number of halogens is 1. The molecule has 1 aromatic heterocycles. The molecule has 6 heteroatoms. The van der Waals surface area contributed by atoms with Crippen LogP contribution in [0, 0.1) is 5.82 Å². The van der Waals surface area contributed by atoms with Crippen LogP contribution in [0.1, 0.15) is 28.5 Å². The molecule has 27 heavy (non-hydrogen) atoms. The number of pyridine rings is 1. The predicted octanol–water partition coefficient (Wildman–Crippen LogP) is 3.95. The van der Waals surface area contributed by atoms with Gasteiger partial charge in [0.25, 0.3) is 5.91 Å². The minimum Gasteiger partial charge on any atom is -0.488 e. The summed E-state index contributed by atoms with van der Waals surface area (Å²) in [5, 5.41) is 4.10. The summed E-state index contributed by atoms with van der Waals surface area (Å²) >= 11 is 0. The SMILES string of the molecule is C/C(=N/NC(=O)c1ccccc1OCc1ccc(F)cc1)c1ccccn1. The Hall–Kier alpha value is -3.54. The van der Waals surface area contributed by atoms with Crippen molar-refractivity contribution in [3.05, 3.63) is 95.6 Å². The van der Waals surface area contributed by atoms with Gasteiger partial charge < -0.3 is 4.74 Å². The van der Waals surface area contributed by atoms with E-state index in [4.69, 9.17) is 4.74 Å². The zero-order chi connectivity index (χ0) is 19.1. The molecular formula is C21H18FN3O2. The first kappa shape index (κ1) is 18.3. The number of benzene rings is 2. The normalized spacial score (nSPS) is 11.1. The van der Waals surface area contributed by atoms with Gasteiger partial charge in [-0.1, -0.05) is 30.3 Å². The molecule has 5 nitrogen and oxygen atoms in total. The van der Waals surface area contributed by atoms with E-state index in [-0.39, 0.29) is 18.3 Å². The number of rotatable bonds is 6. The lowest BCUT2D eigenvalue weighted by Crippen LogP contribution is -2.20. The quantitative estimate of drug-likeness (QED) is 0.533. The third kappa shape index (κ3) is 4.98. The second kappa shape index (κ2) is 8.71. The third-order valence-corrected chi connectivity index (χ3v) is 3.80. The predicted molar refractivity (Wildman–Crippen MR) is 101 cm³/mol. The first-order chi connectivity index (χ1) is 13.1. The van der Waals surface area contributed by atoms with E-state index in [1.54, 1.807) is 49.5 Å². The molecule has 0 spiro atoms. The Bertz CT molecular complexity index is 941. The zero-order valence-corrected chi connectivity index (χ0v) is 14.7. The molecule has 3 aromatic rings. The van der Waals surface area contributed by atoms with E-state index >= 15 is 0 Å². The highest BCUT2D eigenvalue weighted by Crippen LogP contribution is 2.19. The van der Waals surface area contributed by atoms with Gasteiger partial charge in [0, 0.05) is 6.20 Å². The number of para-hydroxylation sites is 1. The highest BCUT2D eigenvalue weighted by atomic mass is 19.1. The summed E-state index contributed by atoms with van der Waals surface area (Å²) in [5.41, 5.74) is 4.95. The first-order valence-corrected chi connectivity index (χ1v) is 8.36. The van der Waals surface area contributed by atoms with Crippen molar-refractivity contribution in [1.29, 1.82) is 0 Å². The fourth-order valence-electron chi connectivity index (χ4n) is 2.35. The molecule has 0 fully saturated rings. The van der Waals surface area contributed by atoms with Crippen LogP contribution in [0.25, 0.3) is 0 Å². The minimum absolute atomic E-state index is 0.223. The van der Waals surface area contributed by atoms with Crippen LogP contribution in [0.15, 0.2) is 78.0 Å². The molecule has 1 N–H and O–H groups in total. The molecule has 1 heterocycles. The molecule has 0 unspecified atom stereocenters. The van der Waals surface area contributed by atoms with Crippen molar-refractivity contribution in [3.63, 3.8) is 0 Å². The number of hydrazone groups is 1. The maximum atomic E-state index is 13.0. The van der Waals surface area contributed by atoms with Gasteiger partial charge in [0.1, 0.15) is 18.2 Å². The third-order valence-electron chi connectivity index (χ3n) is 3.80. The van der Waals surface area contributed by atoms with Gasteiger partial charge in [0.05, 0.1) is 17.0 Å². The fraction of sp³-hybridized carbons (Fsp3) is 0.0952. The number of carbonyl (C=O) groups is 1. The molecule has 3 rings (SSSR count). The molecule has 0 aliphatic carbocycles. The summed E-state index contributed by atoms with van der Waals surface area (Å²) in [4.78, 5) is 16.7. The van der Waals surface area contributed by atoms with Crippen molar-refractivity contribution >= 4 is 11.6 Å². The van der Waals surface area contributed by atoms with Crippen molar-refractivity contribution in [2.75, 3.05) is 0 Å². The summed E-state index contributed by atoms with van der Waals surface area (Å²) < 4.78 is 18.7. The number of hydrogen-bond acceptors (Lipinski definition) is 4. The summed E-state index contributed by atoms with van der Waals surface area (Å²) in [6, 6.07) is 18.4. The van der Waals surface area contributed by atoms with E-state index < -0.39 is 0 Å². The lowest BCUT2D eigenvalue weighted by molar-refractivity contribution is 0.0950. The second-order valence-corrected chi connectivity index (χ2v) is 5.76. The minimum atomic E-state index is -0.389. The summed E-state index contributed by atoms with van der Waals surface area (Å²) in [6.07, 6.45) is 1.66. The monoisotopic (exact) mass is 363 g/mol. The van der Waals surface area contributed by atoms with Gasteiger partial charge in [0.2, 0.25) is 0 Å². The lowest BCUT2D eigenvalue weighted by Gasteiger charge is -2.11. The molecule has 136 valence electrons. The maximum absolute atomic E-state index is 13.0. The molecule has 0 aliphatic heterocycles. The Morgan fingerprint density at radius 1 is 1.07 bits per heavy atom. The molecule has 0 saturated carbocycles. The molecule has 1 amide bonds. The number of nitrogens with one attached hydrogen (secondary N) is 1. The Labute approximate surface area is 156 Å². The van der Waals surface area contributed by atoms with Crippen LogP contribution in [-0.2, 0) is 6.61 Å². The Morgan fingerprint density at radius 3 is 2.56 bits per heavy atom. The summed E-state index contributed by atoms with van der Waals surface area (Å²) in [7, 11) is 0. The number of carbonyl (C=O) groups excluding carboxylic acids is 1. The highest BCUT2D eigenvalue weighted by Gasteiger charge is 2.12. The van der Waals surface area contributed by atoms with E-state index in [2.05, 4.69) is 15.5 Å². The van der Waals surface area contributed by atoms with Crippen LogP contribution in [0.2, 0.25) is 0 Å². The van der Waals surface area contributed by atoms with E-state index in [1.165, 1.54) is 12.1 Å². The molecule has 0 atom stereocenters. The average Bonchev–Trinajstić information content (AvgIpc) is 2.72. The lowest BCUT2D eigenvalue weighted by atomic mass is 10.2. The van der Waals surface area contributed by atoms with E-state index in [9.17, 15) is 9.18 Å². The summed E-state index contributed by atoms with van der Waals surface area (Å²) in [5.74, 6) is -0.273. The highest BCUT2D eigenvalue weighted by molar-refractivity contribution is 6.00. The molecule has 0 aliphatic rings. The standard InChI is InChI=1S/C21H18FN3O2/c1-15(19-7-4-5-13-23-19)24-25-21(26)18-6-2-3-8-20(18)27-14-16-9-11-17(22)12-10-16/h2-13H,14H2,1H3,(H,25,26)/b24-15-. The Morgan fingerprint density at radius 2 is 1.81 bits per heavy atom. The Balaban J connectivity index is 1.69. The smallest absolute Gasteiger partial charge is 0.275 e. The molecule has 0 radical (unpaired) electrons. The van der Waals surface area contributed by atoms with Crippen LogP contribution in [0.3, 0.4) is 0 Å². The average molecular weight is 363 g/mol. The van der Waals surface area contributed by atoms with Crippen LogP contribution in [0.5, 0.6) is 5.75 Å². The van der Waals surface area contributed by atoms with Crippen molar-refractivity contribution in [2.24, 2.45) is 5.10 Å². The number of aromatic nitrogens is 1. The molecular weight excluding hydrogens is 345 g/mol. The zero-order valence-electron chi connectivity index (χ0n) is 14.7. The largest absolute Gasteiger partial charge is 0.488 e. The first-order valence-electron chi connectivity index (χ1n) is 8.36. The van der Waals surface area contributed by atoms with Gasteiger partial charge >= 0.3 is 0 Å². The number of ether oxygens (including phenoxy) is 1. The maximum Gasteiger partial charge on any atom is 0.275 e. The summed E-state index contributed by atoms with van der Waals surface area (Å²) in [6.45, 7) is 1.99. The topological polar surface area (TPSA) is 63.6 Å². The van der Waals surface area contributed by atoms with Gasteiger partial charge in [-0.3, -0.25) is 9.78 Å². The van der Waals surface area contributed by atoms with Gasteiger partial charge in [-0.15, -0.1) is 0 Å². The van der Waals surface area contributed by atoms with Gasteiger partial charge in [-0.2, -0.15) is 5.10 Å². The molecule has 0 saturated heterocycles. The van der Waals surface area contributed by atoms with Gasteiger partial charge in [-0.05, 0) is 48.9 Å². The van der Waals surface area contributed by atoms with Gasteiger partial charge in [0.15, 0.2) is 0 Å². The van der Waals surface area contributed by atoms with Crippen molar-refractivity contribution in [3.8, 4) is 5.75 Å². The number of nitrogens with zero attached hydrogens (tertiary/aromatic N) is 2. The fourth-order valence-corrected chi connectivity index (χ4v) is 2.35. The Kier molecular flexibility index (Phi) is 5.89. The molecule has 2 aromatic carbocycles. The van der Waals surface area contributed by atoms with Crippen molar-refractivity contribution < 1.29 is 13.9 Å². The van der Waals surface area contributed by atoms with Crippen LogP contribution < -0.4 is 10.2 Å². The van der Waals surface area contributed by atoms with Crippen molar-refractivity contribution in [2.45, 2.75) is 13.5 Å². The van der Waals surface area contributed by atoms with E-state index in [0.29, 0.717) is 22.7 Å². The number of amides is 1. The van der Waals surface area contributed by atoms with Gasteiger partial charge in [-0.25, -0.2) is 9.82 Å². The van der Waals surface area contributed by atoms with E-state index in [1.807, 2.05) is 18.2 Å². The number of hydrogen-bond donors (Lipinski definition) is 1. The second-order valence-electron chi connectivity index (χ2n) is 5.76. The van der Waals surface area contributed by atoms with Crippen LogP contribution in [-0.4, -0.2) is 16.6 Å². The van der Waals surface area contributed by atoms with Crippen molar-refractivity contribution in [1.82, 2.24) is 10.4 Å². The molecule has 0 bridgehead atoms. The van der Waals surface area contributed by atoms with Crippen LogP contribution >= 0.6 is 0 Å².